The molecule has 2 aromatic rings. The highest BCUT2D eigenvalue weighted by molar-refractivity contribution is 9.10. The van der Waals surface area contributed by atoms with Gasteiger partial charge in [0.2, 0.25) is 0 Å². The lowest BCUT2D eigenvalue weighted by molar-refractivity contribution is 0.210. The predicted octanol–water partition coefficient (Wildman–Crippen LogP) is 2.48. The highest BCUT2D eigenvalue weighted by Crippen LogP contribution is 2.18. The molecule has 0 saturated carbocycles. The Morgan fingerprint density at radius 2 is 2.22 bits per heavy atom. The second kappa shape index (κ2) is 6.51. The highest BCUT2D eigenvalue weighted by Gasteiger charge is 2.08. The van der Waals surface area contributed by atoms with Crippen LogP contribution in [0.2, 0.25) is 0 Å². The molecule has 0 saturated heterocycles. The number of anilines is 1. The maximum Gasteiger partial charge on any atom is 0.321 e. The van der Waals surface area contributed by atoms with Crippen molar-refractivity contribution in [2.45, 2.75) is 6.42 Å². The van der Waals surface area contributed by atoms with Gasteiger partial charge >= 0.3 is 6.01 Å². The number of halogens is 1. The van der Waals surface area contributed by atoms with Crippen LogP contribution in [0, 0.1) is 0 Å². The molecule has 6 heteroatoms. The molecule has 0 unspecified atom stereocenters. The van der Waals surface area contributed by atoms with Crippen molar-refractivity contribution < 1.29 is 9.26 Å². The van der Waals surface area contributed by atoms with Crippen LogP contribution in [0.4, 0.5) is 6.01 Å². The molecule has 0 fully saturated rings. The second-order valence-electron chi connectivity index (χ2n) is 3.70. The average Bonchev–Trinajstić information content (AvgIpc) is 2.80. The summed E-state index contributed by atoms with van der Waals surface area (Å²) in [5, 5.41) is 6.91. The molecule has 0 spiro atoms. The van der Waals surface area contributed by atoms with Gasteiger partial charge < -0.3 is 14.6 Å². The number of rotatable bonds is 6. The largest absolute Gasteiger partial charge is 0.383 e. The molecule has 0 aliphatic carbocycles. The molecule has 1 aromatic carbocycles. The number of ether oxygens (including phenoxy) is 1. The van der Waals surface area contributed by atoms with Crippen molar-refractivity contribution in [3.63, 3.8) is 0 Å². The van der Waals surface area contributed by atoms with Crippen molar-refractivity contribution in [1.82, 2.24) is 10.1 Å². The molecule has 5 nitrogen and oxygen atoms in total. The van der Waals surface area contributed by atoms with Gasteiger partial charge in [-0.2, -0.15) is 4.98 Å². The number of methoxy groups -OCH3 is 1. The van der Waals surface area contributed by atoms with Crippen LogP contribution in [0.25, 0.3) is 0 Å². The average molecular weight is 312 g/mol. The van der Waals surface area contributed by atoms with Crippen molar-refractivity contribution in [2.75, 3.05) is 25.6 Å². The van der Waals surface area contributed by atoms with E-state index in [1.807, 2.05) is 24.3 Å². The van der Waals surface area contributed by atoms with Crippen molar-refractivity contribution >= 4 is 21.9 Å². The first-order chi connectivity index (χ1) is 8.79. The Morgan fingerprint density at radius 1 is 1.39 bits per heavy atom. The Kier molecular flexibility index (Phi) is 4.72. The summed E-state index contributed by atoms with van der Waals surface area (Å²) in [4.78, 5) is 4.25. The van der Waals surface area contributed by atoms with Gasteiger partial charge in [0.05, 0.1) is 6.61 Å². The predicted molar refractivity (Wildman–Crippen MR) is 71.6 cm³/mol. The zero-order valence-corrected chi connectivity index (χ0v) is 11.6. The molecule has 96 valence electrons. The Morgan fingerprint density at radius 3 is 3.00 bits per heavy atom. The molecular formula is C12H14BrN3O2. The summed E-state index contributed by atoms with van der Waals surface area (Å²) in [7, 11) is 1.65. The van der Waals surface area contributed by atoms with E-state index in [1.54, 1.807) is 7.11 Å². The van der Waals surface area contributed by atoms with E-state index in [1.165, 1.54) is 0 Å². The lowest BCUT2D eigenvalue weighted by atomic mass is 10.1. The van der Waals surface area contributed by atoms with Crippen LogP contribution in [0.15, 0.2) is 33.3 Å². The van der Waals surface area contributed by atoms with Crippen LogP contribution in [0.1, 0.15) is 11.4 Å². The van der Waals surface area contributed by atoms with Crippen LogP contribution >= 0.6 is 15.9 Å². The fourth-order valence-corrected chi connectivity index (χ4v) is 1.89. The molecule has 18 heavy (non-hydrogen) atoms. The normalized spacial score (nSPS) is 10.6. The number of hydrogen-bond acceptors (Lipinski definition) is 5. The third kappa shape index (κ3) is 3.54. The van der Waals surface area contributed by atoms with Crippen LogP contribution < -0.4 is 5.32 Å². The zero-order valence-electron chi connectivity index (χ0n) is 10.0. The third-order valence-electron chi connectivity index (χ3n) is 2.36. The van der Waals surface area contributed by atoms with Gasteiger partial charge in [-0.3, -0.25) is 0 Å². The summed E-state index contributed by atoms with van der Waals surface area (Å²) in [6.07, 6.45) is 0.636. The summed E-state index contributed by atoms with van der Waals surface area (Å²) in [6.45, 7) is 1.25. The van der Waals surface area contributed by atoms with Crippen molar-refractivity contribution in [3.05, 3.63) is 40.1 Å². The van der Waals surface area contributed by atoms with Gasteiger partial charge in [-0.1, -0.05) is 39.3 Å². The third-order valence-corrected chi connectivity index (χ3v) is 3.13. The minimum absolute atomic E-state index is 0.425. The quantitative estimate of drug-likeness (QED) is 0.830. The number of nitrogens with one attached hydrogen (secondary N) is 1. The molecule has 0 radical (unpaired) electrons. The summed E-state index contributed by atoms with van der Waals surface area (Å²) in [6, 6.07) is 8.40. The van der Waals surface area contributed by atoms with Crippen LogP contribution in [-0.2, 0) is 11.2 Å². The first kappa shape index (κ1) is 13.0. The number of nitrogens with zero attached hydrogens (tertiary/aromatic N) is 2. The second-order valence-corrected chi connectivity index (χ2v) is 4.56. The van der Waals surface area contributed by atoms with E-state index in [4.69, 9.17) is 9.26 Å². The monoisotopic (exact) mass is 311 g/mol. The molecular weight excluding hydrogens is 298 g/mol. The summed E-state index contributed by atoms with van der Waals surface area (Å²) in [5.74, 6) is 0.654. The standard InChI is InChI=1S/C12H14BrN3O2/c1-17-7-6-14-12-15-11(16-18-12)8-9-4-2-3-5-10(9)13/h2-5H,6-8H2,1H3,(H,14,15,16). The van der Waals surface area contributed by atoms with Crippen molar-refractivity contribution in [2.24, 2.45) is 0 Å². The van der Waals surface area contributed by atoms with Crippen molar-refractivity contribution in [1.29, 1.82) is 0 Å². The van der Waals surface area contributed by atoms with Gasteiger partial charge in [0.1, 0.15) is 0 Å². The molecule has 1 heterocycles. The molecule has 0 aliphatic heterocycles. The van der Waals surface area contributed by atoms with E-state index in [9.17, 15) is 0 Å². The Labute approximate surface area is 114 Å². The number of benzene rings is 1. The van der Waals surface area contributed by atoms with Gasteiger partial charge in [0.15, 0.2) is 5.82 Å². The van der Waals surface area contributed by atoms with E-state index < -0.39 is 0 Å². The topological polar surface area (TPSA) is 60.2 Å². The molecule has 2 rings (SSSR count). The van der Waals surface area contributed by atoms with E-state index in [2.05, 4.69) is 31.4 Å². The smallest absolute Gasteiger partial charge is 0.321 e. The number of aromatic nitrogens is 2. The van der Waals surface area contributed by atoms with E-state index in [0.29, 0.717) is 31.4 Å². The fraction of sp³-hybridized carbons (Fsp3) is 0.333. The molecule has 0 amide bonds. The minimum atomic E-state index is 0.425. The Balaban J connectivity index is 1.96. The lowest BCUT2D eigenvalue weighted by Gasteiger charge is -1.99. The van der Waals surface area contributed by atoms with E-state index in [-0.39, 0.29) is 0 Å². The zero-order chi connectivity index (χ0) is 12.8. The molecule has 0 aliphatic rings. The maximum absolute atomic E-state index is 5.08. The first-order valence-corrected chi connectivity index (χ1v) is 6.37. The first-order valence-electron chi connectivity index (χ1n) is 5.58. The SMILES string of the molecule is COCCNc1nc(Cc2ccccc2Br)no1. The van der Waals surface area contributed by atoms with Crippen LogP contribution in [-0.4, -0.2) is 30.4 Å². The fourth-order valence-electron chi connectivity index (χ4n) is 1.47. The minimum Gasteiger partial charge on any atom is -0.383 e. The maximum atomic E-state index is 5.08. The molecule has 0 atom stereocenters. The molecule has 1 N–H and O–H groups in total. The Bertz CT molecular complexity index is 502. The van der Waals surface area contributed by atoms with Gasteiger partial charge in [-0.25, -0.2) is 0 Å². The van der Waals surface area contributed by atoms with Gasteiger partial charge in [0, 0.05) is 24.5 Å². The van der Waals surface area contributed by atoms with Crippen LogP contribution in [0.5, 0.6) is 0 Å². The van der Waals surface area contributed by atoms with Crippen LogP contribution in [0.3, 0.4) is 0 Å². The lowest BCUT2D eigenvalue weighted by Crippen LogP contribution is -2.07. The van der Waals surface area contributed by atoms with E-state index >= 15 is 0 Å². The van der Waals surface area contributed by atoms with Crippen molar-refractivity contribution in [3.8, 4) is 0 Å². The summed E-state index contributed by atoms with van der Waals surface area (Å²) in [5.41, 5.74) is 1.13. The van der Waals surface area contributed by atoms with Gasteiger partial charge in [0.25, 0.3) is 0 Å². The highest BCUT2D eigenvalue weighted by atomic mass is 79.9. The van der Waals surface area contributed by atoms with Gasteiger partial charge in [-0.05, 0) is 11.6 Å². The molecule has 0 bridgehead atoms. The summed E-state index contributed by atoms with van der Waals surface area (Å²) >= 11 is 3.49. The summed E-state index contributed by atoms with van der Waals surface area (Å²) < 4.78 is 11.0. The number of hydrogen-bond donors (Lipinski definition) is 1. The molecule has 1 aromatic heterocycles. The van der Waals surface area contributed by atoms with E-state index in [0.717, 1.165) is 10.0 Å². The van der Waals surface area contributed by atoms with Gasteiger partial charge in [-0.15, -0.1) is 0 Å². The Hall–Kier alpha value is -1.40.